The van der Waals surface area contributed by atoms with E-state index in [-0.39, 0.29) is 0 Å². The average Bonchev–Trinajstić information content (AvgIpc) is 3.75. The largest absolute Gasteiger partial charge is 0.436 e. The summed E-state index contributed by atoms with van der Waals surface area (Å²) in [5, 5.41) is 5.35. The number of para-hydroxylation sites is 2. The van der Waals surface area contributed by atoms with Crippen molar-refractivity contribution in [2.45, 2.75) is 0 Å². The standard InChI is InChI=1S/C33H20N4OS/c1-2-10-31-28(9-1)36-32(38-31)22-11-13-25-26-19-23(33-35-16-17-39-33)12-14-29(26)37(30(25)20-22)24-7-5-6-21(18-24)27-8-3-4-15-34-27/h1-20H. The Morgan fingerprint density at radius 1 is 0.641 bits per heavy atom. The van der Waals surface area contributed by atoms with Gasteiger partial charge in [0.1, 0.15) is 10.5 Å². The maximum Gasteiger partial charge on any atom is 0.227 e. The number of nitrogens with zero attached hydrogens (tertiary/aromatic N) is 4. The van der Waals surface area contributed by atoms with Gasteiger partial charge in [-0.1, -0.05) is 36.4 Å². The van der Waals surface area contributed by atoms with Crippen molar-refractivity contribution in [2.24, 2.45) is 0 Å². The molecule has 0 amide bonds. The van der Waals surface area contributed by atoms with Crippen LogP contribution in [0.4, 0.5) is 0 Å². The van der Waals surface area contributed by atoms with E-state index in [2.05, 4.69) is 75.2 Å². The van der Waals surface area contributed by atoms with Crippen LogP contribution in [0, 0.1) is 0 Å². The first-order valence-corrected chi connectivity index (χ1v) is 13.6. The summed E-state index contributed by atoms with van der Waals surface area (Å²) in [5.41, 5.74) is 8.96. The molecule has 5 nitrogen and oxygen atoms in total. The van der Waals surface area contributed by atoms with Crippen LogP contribution in [0.5, 0.6) is 0 Å². The number of benzene rings is 4. The Hall–Kier alpha value is -5.07. The highest BCUT2D eigenvalue weighted by Crippen LogP contribution is 2.38. The fourth-order valence-corrected chi connectivity index (χ4v) is 5.90. The monoisotopic (exact) mass is 520 g/mol. The number of rotatable bonds is 4. The van der Waals surface area contributed by atoms with Gasteiger partial charge in [-0.2, -0.15) is 0 Å². The van der Waals surface area contributed by atoms with Crippen molar-refractivity contribution in [1.29, 1.82) is 0 Å². The molecule has 0 fully saturated rings. The van der Waals surface area contributed by atoms with E-state index in [1.54, 1.807) is 11.3 Å². The predicted octanol–water partition coefficient (Wildman–Crippen LogP) is 8.78. The number of oxazole rings is 1. The van der Waals surface area contributed by atoms with Gasteiger partial charge < -0.3 is 8.98 Å². The molecule has 0 bridgehead atoms. The van der Waals surface area contributed by atoms with Crippen LogP contribution in [0.3, 0.4) is 0 Å². The van der Waals surface area contributed by atoms with Crippen LogP contribution in [-0.4, -0.2) is 19.5 Å². The minimum atomic E-state index is 0.612. The molecule has 0 aliphatic heterocycles. The fraction of sp³-hybridized carbons (Fsp3) is 0. The molecule has 0 saturated heterocycles. The summed E-state index contributed by atoms with van der Waals surface area (Å²) in [6, 6.07) is 35.4. The lowest BCUT2D eigenvalue weighted by Crippen LogP contribution is -1.95. The Morgan fingerprint density at radius 3 is 2.44 bits per heavy atom. The van der Waals surface area contributed by atoms with Gasteiger partial charge in [0.2, 0.25) is 5.89 Å². The number of hydrogen-bond donors (Lipinski definition) is 0. The molecule has 0 aliphatic carbocycles. The van der Waals surface area contributed by atoms with Gasteiger partial charge in [-0.15, -0.1) is 11.3 Å². The summed E-state index contributed by atoms with van der Waals surface area (Å²) in [6.07, 6.45) is 3.68. The minimum Gasteiger partial charge on any atom is -0.436 e. The van der Waals surface area contributed by atoms with Gasteiger partial charge in [0.05, 0.1) is 16.7 Å². The maximum atomic E-state index is 6.13. The first-order chi connectivity index (χ1) is 19.3. The molecule has 0 radical (unpaired) electrons. The number of hydrogen-bond acceptors (Lipinski definition) is 5. The molecule has 0 unspecified atom stereocenters. The normalized spacial score (nSPS) is 11.6. The van der Waals surface area contributed by atoms with Gasteiger partial charge in [-0.25, -0.2) is 9.97 Å². The highest BCUT2D eigenvalue weighted by atomic mass is 32.1. The lowest BCUT2D eigenvalue weighted by Gasteiger charge is -2.10. The van der Waals surface area contributed by atoms with Crippen LogP contribution in [0.2, 0.25) is 0 Å². The summed E-state index contributed by atoms with van der Waals surface area (Å²) in [5.74, 6) is 0.612. The third kappa shape index (κ3) is 3.65. The van der Waals surface area contributed by atoms with Gasteiger partial charge in [0.15, 0.2) is 5.58 Å². The second kappa shape index (κ2) is 8.75. The summed E-state index contributed by atoms with van der Waals surface area (Å²) in [4.78, 5) is 13.9. The predicted molar refractivity (Wildman–Crippen MR) is 158 cm³/mol. The summed E-state index contributed by atoms with van der Waals surface area (Å²) in [6.45, 7) is 0. The second-order valence-electron chi connectivity index (χ2n) is 9.39. The van der Waals surface area contributed by atoms with E-state index in [0.29, 0.717) is 5.89 Å². The molecule has 0 atom stereocenters. The van der Waals surface area contributed by atoms with E-state index in [4.69, 9.17) is 9.40 Å². The van der Waals surface area contributed by atoms with Gasteiger partial charge in [0.25, 0.3) is 0 Å². The van der Waals surface area contributed by atoms with Crippen LogP contribution < -0.4 is 0 Å². The lowest BCUT2D eigenvalue weighted by atomic mass is 10.1. The van der Waals surface area contributed by atoms with Crippen molar-refractivity contribution in [2.75, 3.05) is 0 Å². The highest BCUT2D eigenvalue weighted by Gasteiger charge is 2.17. The summed E-state index contributed by atoms with van der Waals surface area (Å²) in [7, 11) is 0. The van der Waals surface area contributed by atoms with E-state index in [1.165, 1.54) is 5.39 Å². The van der Waals surface area contributed by atoms with Crippen LogP contribution in [0.15, 0.2) is 125 Å². The number of fused-ring (bicyclic) bond motifs is 4. The fourth-order valence-electron chi connectivity index (χ4n) is 5.26. The lowest BCUT2D eigenvalue weighted by molar-refractivity contribution is 0.620. The minimum absolute atomic E-state index is 0.612. The van der Waals surface area contributed by atoms with Crippen molar-refractivity contribution in [3.05, 3.63) is 121 Å². The van der Waals surface area contributed by atoms with Crippen LogP contribution in [0.1, 0.15) is 0 Å². The SMILES string of the molecule is c1ccc(-c2cccc(-n3c4ccc(-c5nccs5)cc4c4ccc(-c5nc6ccccc6o5)cc43)c2)nc1. The molecular formula is C33H20N4OS. The molecule has 0 spiro atoms. The van der Waals surface area contributed by atoms with Crippen molar-refractivity contribution < 1.29 is 4.42 Å². The Bertz CT molecular complexity index is 2090. The van der Waals surface area contributed by atoms with Crippen molar-refractivity contribution in [1.82, 2.24) is 19.5 Å². The van der Waals surface area contributed by atoms with Crippen molar-refractivity contribution in [3.63, 3.8) is 0 Å². The Kier molecular flexibility index (Phi) is 4.93. The second-order valence-corrected chi connectivity index (χ2v) is 10.3. The van der Waals surface area contributed by atoms with E-state index in [1.807, 2.05) is 60.2 Å². The van der Waals surface area contributed by atoms with Crippen LogP contribution in [-0.2, 0) is 0 Å². The maximum absolute atomic E-state index is 6.13. The molecule has 8 aromatic rings. The van der Waals surface area contributed by atoms with Gasteiger partial charge in [0, 0.05) is 50.9 Å². The Labute approximate surface area is 227 Å². The first kappa shape index (κ1) is 22.0. The quantitative estimate of drug-likeness (QED) is 0.233. The molecule has 0 saturated carbocycles. The van der Waals surface area contributed by atoms with E-state index in [0.717, 1.165) is 60.6 Å². The average molecular weight is 521 g/mol. The molecule has 4 aromatic heterocycles. The number of pyridine rings is 1. The summed E-state index contributed by atoms with van der Waals surface area (Å²) < 4.78 is 8.45. The van der Waals surface area contributed by atoms with Crippen molar-refractivity contribution >= 4 is 44.2 Å². The molecule has 0 aliphatic rings. The van der Waals surface area contributed by atoms with E-state index < -0.39 is 0 Å². The van der Waals surface area contributed by atoms with Gasteiger partial charge in [-0.05, 0) is 66.7 Å². The zero-order valence-electron chi connectivity index (χ0n) is 20.7. The molecule has 6 heteroatoms. The molecular weight excluding hydrogens is 500 g/mol. The first-order valence-electron chi connectivity index (χ1n) is 12.7. The molecule has 4 heterocycles. The number of aromatic nitrogens is 4. The molecule has 39 heavy (non-hydrogen) atoms. The van der Waals surface area contributed by atoms with Gasteiger partial charge in [-0.3, -0.25) is 4.98 Å². The topological polar surface area (TPSA) is 56.7 Å². The smallest absolute Gasteiger partial charge is 0.227 e. The van der Waals surface area contributed by atoms with E-state index >= 15 is 0 Å². The highest BCUT2D eigenvalue weighted by molar-refractivity contribution is 7.13. The van der Waals surface area contributed by atoms with Crippen LogP contribution in [0.25, 0.3) is 71.9 Å². The molecule has 4 aromatic carbocycles. The zero-order chi connectivity index (χ0) is 25.8. The van der Waals surface area contributed by atoms with Crippen LogP contribution >= 0.6 is 11.3 Å². The number of thiazole rings is 1. The molecule has 184 valence electrons. The molecule has 0 N–H and O–H groups in total. The third-order valence-electron chi connectivity index (χ3n) is 7.05. The van der Waals surface area contributed by atoms with Gasteiger partial charge >= 0.3 is 0 Å². The van der Waals surface area contributed by atoms with Crippen molar-refractivity contribution in [3.8, 4) is 39.0 Å². The summed E-state index contributed by atoms with van der Waals surface area (Å²) >= 11 is 1.65. The zero-order valence-corrected chi connectivity index (χ0v) is 21.5. The Morgan fingerprint density at radius 2 is 1.56 bits per heavy atom. The molecule has 8 rings (SSSR count). The third-order valence-corrected chi connectivity index (χ3v) is 7.87. The Balaban J connectivity index is 1.39. The van der Waals surface area contributed by atoms with E-state index in [9.17, 15) is 0 Å².